The van der Waals surface area contributed by atoms with E-state index < -0.39 is 0 Å². The van der Waals surface area contributed by atoms with E-state index in [0.717, 1.165) is 27.7 Å². The summed E-state index contributed by atoms with van der Waals surface area (Å²) in [5.41, 5.74) is 3.56. The third kappa shape index (κ3) is 4.35. The first kappa shape index (κ1) is 19.9. The van der Waals surface area contributed by atoms with E-state index in [1.54, 1.807) is 9.58 Å². The molecule has 2 aromatic heterocycles. The molecule has 2 amide bonds. The number of carbonyl (C=O) groups is 2. The highest BCUT2D eigenvalue weighted by atomic mass is 16.2. The molecule has 10 nitrogen and oxygen atoms in total. The first-order valence-corrected chi connectivity index (χ1v) is 10.4. The van der Waals surface area contributed by atoms with E-state index in [9.17, 15) is 9.59 Å². The van der Waals surface area contributed by atoms with Crippen molar-refractivity contribution in [3.63, 3.8) is 0 Å². The van der Waals surface area contributed by atoms with Crippen LogP contribution in [0.25, 0.3) is 22.2 Å². The number of amides is 2. The van der Waals surface area contributed by atoms with Gasteiger partial charge in [0, 0.05) is 24.0 Å². The maximum Gasteiger partial charge on any atom is 0.239 e. The number of H-pyrrole nitrogens is 1. The molecule has 1 saturated heterocycles. The summed E-state index contributed by atoms with van der Waals surface area (Å²) < 4.78 is 1.79. The molecule has 0 unspecified atom stereocenters. The van der Waals surface area contributed by atoms with Crippen LogP contribution in [-0.4, -0.2) is 68.1 Å². The van der Waals surface area contributed by atoms with Gasteiger partial charge in [0.05, 0.1) is 31.3 Å². The van der Waals surface area contributed by atoms with Crippen molar-refractivity contribution in [3.8, 4) is 11.3 Å². The Morgan fingerprint density at radius 2 is 2.03 bits per heavy atom. The van der Waals surface area contributed by atoms with Crippen LogP contribution in [-0.2, 0) is 16.1 Å². The summed E-state index contributed by atoms with van der Waals surface area (Å²) in [5, 5.41) is 22.1. The van der Waals surface area contributed by atoms with E-state index in [-0.39, 0.29) is 24.9 Å². The Hall–Kier alpha value is -4.05. The molecular weight excluding hydrogens is 408 g/mol. The Labute approximate surface area is 183 Å². The van der Waals surface area contributed by atoms with Gasteiger partial charge in [-0.05, 0) is 17.7 Å². The molecule has 10 heteroatoms. The molecule has 162 valence electrons. The summed E-state index contributed by atoms with van der Waals surface area (Å²) in [7, 11) is 0. The molecule has 3 heterocycles. The molecule has 0 spiro atoms. The van der Waals surface area contributed by atoms with Gasteiger partial charge in [-0.25, -0.2) is 4.68 Å². The molecule has 0 saturated carbocycles. The van der Waals surface area contributed by atoms with E-state index in [4.69, 9.17) is 0 Å². The van der Waals surface area contributed by atoms with Gasteiger partial charge in [-0.3, -0.25) is 19.6 Å². The molecule has 1 fully saturated rings. The van der Waals surface area contributed by atoms with Crippen molar-refractivity contribution < 1.29 is 9.59 Å². The lowest BCUT2D eigenvalue weighted by Gasteiger charge is -2.25. The Kier molecular flexibility index (Phi) is 5.34. The number of nitrogens with zero attached hydrogens (tertiary/aromatic N) is 5. The van der Waals surface area contributed by atoms with E-state index >= 15 is 0 Å². The molecule has 1 aliphatic rings. The number of hydrogen-bond donors (Lipinski definition) is 3. The summed E-state index contributed by atoms with van der Waals surface area (Å²) in [6.07, 6.45) is 1.90. The molecule has 3 N–H and O–H groups in total. The lowest BCUT2D eigenvalue weighted by molar-refractivity contribution is -0.125. The van der Waals surface area contributed by atoms with E-state index in [1.807, 2.05) is 54.7 Å². The summed E-state index contributed by atoms with van der Waals surface area (Å²) in [5.74, 6) is 0.163. The molecule has 4 aromatic rings. The Morgan fingerprint density at radius 1 is 1.16 bits per heavy atom. The number of aromatic amines is 1. The zero-order valence-corrected chi connectivity index (χ0v) is 17.3. The second kappa shape index (κ2) is 8.60. The highest BCUT2D eigenvalue weighted by Gasteiger charge is 2.19. The molecule has 1 aliphatic heterocycles. The van der Waals surface area contributed by atoms with Crippen LogP contribution in [0.1, 0.15) is 5.56 Å². The lowest BCUT2D eigenvalue weighted by atomic mass is 10.1. The second-order valence-electron chi connectivity index (χ2n) is 7.73. The quantitative estimate of drug-likeness (QED) is 0.423. The Balaban J connectivity index is 1.31. The second-order valence-corrected chi connectivity index (χ2v) is 7.73. The van der Waals surface area contributed by atoms with Gasteiger partial charge in [-0.2, -0.15) is 5.10 Å². The molecule has 0 radical (unpaired) electrons. The van der Waals surface area contributed by atoms with Crippen molar-refractivity contribution in [2.24, 2.45) is 0 Å². The van der Waals surface area contributed by atoms with Gasteiger partial charge in [0.2, 0.25) is 11.8 Å². The molecule has 0 atom stereocenters. The SMILES string of the molecule is O=C1CN(CC(=O)Nc2n[nH]c3ccc(-c4cn(Cc5ccccc5)nn4)cc23)CCN1. The number of benzene rings is 2. The van der Waals surface area contributed by atoms with Gasteiger partial charge < -0.3 is 10.6 Å². The highest BCUT2D eigenvalue weighted by Crippen LogP contribution is 2.26. The minimum atomic E-state index is -0.215. The highest BCUT2D eigenvalue weighted by molar-refractivity contribution is 6.01. The maximum atomic E-state index is 12.5. The number of rotatable bonds is 6. The first-order valence-electron chi connectivity index (χ1n) is 10.4. The number of nitrogens with one attached hydrogen (secondary N) is 3. The first-order chi connectivity index (χ1) is 15.6. The minimum absolute atomic E-state index is 0.0702. The van der Waals surface area contributed by atoms with Gasteiger partial charge in [0.25, 0.3) is 0 Å². The number of anilines is 1. The van der Waals surface area contributed by atoms with Crippen molar-refractivity contribution >= 4 is 28.5 Å². The molecule has 2 aromatic carbocycles. The van der Waals surface area contributed by atoms with E-state index in [0.29, 0.717) is 25.5 Å². The third-order valence-corrected chi connectivity index (χ3v) is 5.33. The van der Waals surface area contributed by atoms with Crippen molar-refractivity contribution in [2.45, 2.75) is 6.54 Å². The normalized spacial score (nSPS) is 14.4. The predicted octanol–water partition coefficient (Wildman–Crippen LogP) is 1.24. The smallest absolute Gasteiger partial charge is 0.239 e. The fourth-order valence-electron chi connectivity index (χ4n) is 3.75. The van der Waals surface area contributed by atoms with Crippen LogP contribution >= 0.6 is 0 Å². The molecule has 0 aliphatic carbocycles. The lowest BCUT2D eigenvalue weighted by Crippen LogP contribution is -2.49. The predicted molar refractivity (Wildman–Crippen MR) is 119 cm³/mol. The minimum Gasteiger partial charge on any atom is -0.354 e. The van der Waals surface area contributed by atoms with Crippen LogP contribution in [0.4, 0.5) is 5.82 Å². The number of piperazine rings is 1. The molecule has 0 bridgehead atoms. The van der Waals surface area contributed by atoms with Crippen molar-refractivity contribution in [1.82, 2.24) is 35.4 Å². The summed E-state index contributed by atoms with van der Waals surface area (Å²) in [6, 6.07) is 15.8. The van der Waals surface area contributed by atoms with E-state index in [1.165, 1.54) is 0 Å². The van der Waals surface area contributed by atoms with Gasteiger partial charge >= 0.3 is 0 Å². The Morgan fingerprint density at radius 3 is 2.88 bits per heavy atom. The molecule has 5 rings (SSSR count). The summed E-state index contributed by atoms with van der Waals surface area (Å²) in [4.78, 5) is 25.8. The number of carbonyl (C=O) groups excluding carboxylic acids is 2. The Bertz CT molecular complexity index is 1260. The summed E-state index contributed by atoms with van der Waals surface area (Å²) in [6.45, 7) is 2.18. The monoisotopic (exact) mass is 430 g/mol. The summed E-state index contributed by atoms with van der Waals surface area (Å²) >= 11 is 0. The van der Waals surface area contributed by atoms with Crippen LogP contribution in [0.15, 0.2) is 54.7 Å². The van der Waals surface area contributed by atoms with Crippen LogP contribution in [0.3, 0.4) is 0 Å². The fraction of sp³-hybridized carbons (Fsp3) is 0.227. The zero-order chi connectivity index (χ0) is 21.9. The average molecular weight is 430 g/mol. The van der Waals surface area contributed by atoms with Crippen LogP contribution in [0.2, 0.25) is 0 Å². The van der Waals surface area contributed by atoms with E-state index in [2.05, 4.69) is 31.1 Å². The average Bonchev–Trinajstić information content (AvgIpc) is 3.41. The zero-order valence-electron chi connectivity index (χ0n) is 17.3. The van der Waals surface area contributed by atoms with Crippen molar-refractivity contribution in [1.29, 1.82) is 0 Å². The fourth-order valence-corrected chi connectivity index (χ4v) is 3.75. The van der Waals surface area contributed by atoms with Crippen LogP contribution in [0.5, 0.6) is 0 Å². The van der Waals surface area contributed by atoms with Crippen molar-refractivity contribution in [3.05, 3.63) is 60.3 Å². The van der Waals surface area contributed by atoms with Crippen LogP contribution < -0.4 is 10.6 Å². The standard InChI is InChI=1S/C22H22N8O2/c31-20-13-29(9-8-23-20)14-21(32)24-22-17-10-16(6-7-18(17)25-27-22)19-12-30(28-26-19)11-15-4-2-1-3-5-15/h1-7,10,12H,8-9,11,13-14H2,(H,23,31)(H2,24,25,27,32). The van der Waals surface area contributed by atoms with Gasteiger partial charge in [-0.15, -0.1) is 5.10 Å². The van der Waals surface area contributed by atoms with Gasteiger partial charge in [0.1, 0.15) is 5.69 Å². The topological polar surface area (TPSA) is 121 Å². The maximum absolute atomic E-state index is 12.5. The number of fused-ring (bicyclic) bond motifs is 1. The molecular formula is C22H22N8O2. The van der Waals surface area contributed by atoms with Gasteiger partial charge in [-0.1, -0.05) is 41.6 Å². The molecule has 32 heavy (non-hydrogen) atoms. The third-order valence-electron chi connectivity index (χ3n) is 5.33. The largest absolute Gasteiger partial charge is 0.354 e. The van der Waals surface area contributed by atoms with Gasteiger partial charge in [0.15, 0.2) is 5.82 Å². The van der Waals surface area contributed by atoms with Crippen LogP contribution in [0, 0.1) is 0 Å². The number of hydrogen-bond acceptors (Lipinski definition) is 6. The van der Waals surface area contributed by atoms with Crippen molar-refractivity contribution in [2.75, 3.05) is 31.5 Å². The number of aromatic nitrogens is 5.